The number of fused-ring (bicyclic) bond motifs is 3. The van der Waals surface area contributed by atoms with Crippen LogP contribution < -0.4 is 5.32 Å². The number of hydrogen-bond donors (Lipinski definition) is 1. The van der Waals surface area contributed by atoms with E-state index in [1.165, 1.54) is 30.3 Å². The molecule has 3 fully saturated rings. The van der Waals surface area contributed by atoms with Crippen molar-refractivity contribution in [2.45, 2.75) is 82.3 Å². The summed E-state index contributed by atoms with van der Waals surface area (Å²) in [6, 6.07) is 24.5. The summed E-state index contributed by atoms with van der Waals surface area (Å²) in [7, 11) is 0. The van der Waals surface area contributed by atoms with E-state index in [0.29, 0.717) is 43.3 Å². The second-order valence-corrected chi connectivity index (χ2v) is 13.2. The molecule has 3 unspecified atom stereocenters. The summed E-state index contributed by atoms with van der Waals surface area (Å²) in [5.41, 5.74) is 4.32. The largest absolute Gasteiger partial charge is 0.352 e. The van der Waals surface area contributed by atoms with Crippen LogP contribution in [0.15, 0.2) is 72.9 Å². The van der Waals surface area contributed by atoms with Crippen LogP contribution in [0, 0.1) is 6.92 Å². The number of para-hydroxylation sites is 2. The molecule has 3 aliphatic heterocycles. The lowest BCUT2D eigenvalue weighted by atomic mass is 9.70. The standard InChI is InChI=1S/C37H44N6O2/c1-3-20-39-35(44)29-12-9-21-38-34(29)36(45)41-22-17-37(18-23-41,27-10-5-4-6-11-27)19-24-42-28-15-16-32(42)33(25-28)43-26(2)40-30-13-7-8-14-31(30)43/h4-14,21,28,32-33H,3,15-20,22-25H2,1-2H3,(H,39,44). The zero-order chi connectivity index (χ0) is 31.0. The van der Waals surface area contributed by atoms with Crippen LogP contribution in [0.3, 0.4) is 0 Å². The van der Waals surface area contributed by atoms with Gasteiger partial charge in [-0.15, -0.1) is 0 Å². The van der Waals surface area contributed by atoms with Gasteiger partial charge in [-0.25, -0.2) is 4.98 Å². The lowest BCUT2D eigenvalue weighted by Gasteiger charge is -2.43. The number of aromatic nitrogens is 3. The van der Waals surface area contributed by atoms with Crippen molar-refractivity contribution in [2.24, 2.45) is 0 Å². The number of imidazole rings is 1. The van der Waals surface area contributed by atoms with Gasteiger partial charge in [0.1, 0.15) is 11.5 Å². The van der Waals surface area contributed by atoms with Crippen molar-refractivity contribution >= 4 is 22.8 Å². The van der Waals surface area contributed by atoms with Gasteiger partial charge in [0.25, 0.3) is 11.8 Å². The maximum atomic E-state index is 13.7. The van der Waals surface area contributed by atoms with Gasteiger partial charge >= 0.3 is 0 Å². The Kier molecular flexibility index (Phi) is 8.17. The first-order valence-corrected chi connectivity index (χ1v) is 16.8. The van der Waals surface area contributed by atoms with Gasteiger partial charge in [0.15, 0.2) is 0 Å². The topological polar surface area (TPSA) is 83.4 Å². The van der Waals surface area contributed by atoms with Gasteiger partial charge in [-0.1, -0.05) is 49.4 Å². The lowest BCUT2D eigenvalue weighted by Crippen LogP contribution is -2.47. The molecule has 8 heteroatoms. The third kappa shape index (κ3) is 5.43. The van der Waals surface area contributed by atoms with Crippen LogP contribution in [-0.4, -0.2) is 74.4 Å². The SMILES string of the molecule is CCCNC(=O)c1cccnc1C(=O)N1CCC(CCN2C3CCC2C(n2c(C)nc4ccccc42)C3)(c2ccccc2)CC1. The van der Waals surface area contributed by atoms with Crippen LogP contribution in [-0.2, 0) is 5.41 Å². The van der Waals surface area contributed by atoms with Crippen molar-refractivity contribution in [2.75, 3.05) is 26.2 Å². The summed E-state index contributed by atoms with van der Waals surface area (Å²) >= 11 is 0. The highest BCUT2D eigenvalue weighted by Gasteiger charge is 2.48. The van der Waals surface area contributed by atoms with Crippen LogP contribution >= 0.6 is 0 Å². The number of carbonyl (C=O) groups excluding carboxylic acids is 2. The van der Waals surface area contributed by atoms with Gasteiger partial charge in [0, 0.05) is 37.9 Å². The first-order chi connectivity index (χ1) is 22.0. The predicted molar refractivity (Wildman–Crippen MR) is 176 cm³/mol. The van der Waals surface area contributed by atoms with Gasteiger partial charge in [-0.3, -0.25) is 19.5 Å². The molecule has 2 aromatic carbocycles. The summed E-state index contributed by atoms with van der Waals surface area (Å²) in [4.78, 5) is 40.5. The number of pyridine rings is 1. The van der Waals surface area contributed by atoms with E-state index < -0.39 is 0 Å². The number of likely N-dealkylation sites (tertiary alicyclic amines) is 1. The van der Waals surface area contributed by atoms with Gasteiger partial charge in [0.05, 0.1) is 22.6 Å². The van der Waals surface area contributed by atoms with Crippen molar-refractivity contribution < 1.29 is 9.59 Å². The molecule has 45 heavy (non-hydrogen) atoms. The highest BCUT2D eigenvalue weighted by atomic mass is 16.2. The van der Waals surface area contributed by atoms with Crippen LogP contribution in [0.2, 0.25) is 0 Å². The number of nitrogens with zero attached hydrogens (tertiary/aromatic N) is 5. The quantitative estimate of drug-likeness (QED) is 0.256. The molecule has 3 atom stereocenters. The zero-order valence-electron chi connectivity index (χ0n) is 26.5. The third-order valence-corrected chi connectivity index (χ3v) is 10.8. The second kappa shape index (κ2) is 12.4. The monoisotopic (exact) mass is 604 g/mol. The Morgan fingerprint density at radius 1 is 0.956 bits per heavy atom. The maximum absolute atomic E-state index is 13.7. The Balaban J connectivity index is 1.08. The average Bonchev–Trinajstić information content (AvgIpc) is 3.75. The lowest BCUT2D eigenvalue weighted by molar-refractivity contribution is 0.0635. The molecule has 3 saturated heterocycles. The van der Waals surface area contributed by atoms with Gasteiger partial charge in [-0.05, 0) is 93.7 Å². The van der Waals surface area contributed by atoms with Crippen LogP contribution in [0.4, 0.5) is 0 Å². The molecule has 0 spiro atoms. The minimum atomic E-state index is -0.235. The van der Waals surface area contributed by atoms with E-state index in [1.807, 2.05) is 11.8 Å². The summed E-state index contributed by atoms with van der Waals surface area (Å²) in [6.07, 6.45) is 8.99. The molecule has 4 aromatic rings. The minimum absolute atomic E-state index is 0.00136. The first kappa shape index (κ1) is 29.7. The maximum Gasteiger partial charge on any atom is 0.273 e. The van der Waals surface area contributed by atoms with Crippen molar-refractivity contribution in [3.8, 4) is 0 Å². The number of hydrogen-bond acceptors (Lipinski definition) is 5. The fourth-order valence-corrected chi connectivity index (χ4v) is 8.48. The summed E-state index contributed by atoms with van der Waals surface area (Å²) < 4.78 is 2.51. The average molecular weight is 605 g/mol. The Labute approximate surface area is 265 Å². The highest BCUT2D eigenvalue weighted by molar-refractivity contribution is 6.05. The number of carbonyl (C=O) groups is 2. The van der Waals surface area contributed by atoms with E-state index in [0.717, 1.165) is 43.6 Å². The van der Waals surface area contributed by atoms with E-state index >= 15 is 0 Å². The predicted octanol–water partition coefficient (Wildman–Crippen LogP) is 5.92. The molecule has 8 nitrogen and oxygen atoms in total. The van der Waals surface area contributed by atoms with Crippen molar-refractivity contribution in [1.29, 1.82) is 0 Å². The fourth-order valence-electron chi connectivity index (χ4n) is 8.48. The van der Waals surface area contributed by atoms with Gasteiger partial charge in [0.2, 0.25) is 0 Å². The van der Waals surface area contributed by atoms with Crippen molar-refractivity contribution in [1.82, 2.24) is 29.7 Å². The third-order valence-electron chi connectivity index (χ3n) is 10.8. The minimum Gasteiger partial charge on any atom is -0.352 e. The van der Waals surface area contributed by atoms with E-state index in [-0.39, 0.29) is 22.9 Å². The van der Waals surface area contributed by atoms with Crippen molar-refractivity contribution in [3.05, 3.63) is 95.6 Å². The van der Waals surface area contributed by atoms with Crippen LogP contribution in [0.5, 0.6) is 0 Å². The molecule has 0 saturated carbocycles. The summed E-state index contributed by atoms with van der Waals surface area (Å²) in [6.45, 7) is 7.09. The van der Waals surface area contributed by atoms with E-state index in [2.05, 4.69) is 81.3 Å². The first-order valence-electron chi connectivity index (χ1n) is 16.8. The Hall–Kier alpha value is -4.04. The molecule has 2 aromatic heterocycles. The number of aryl methyl sites for hydroxylation is 1. The zero-order valence-corrected chi connectivity index (χ0v) is 26.5. The Morgan fingerprint density at radius 2 is 1.73 bits per heavy atom. The van der Waals surface area contributed by atoms with E-state index in [1.54, 1.807) is 18.3 Å². The molecular weight excluding hydrogens is 560 g/mol. The number of piperidine rings is 1. The molecule has 2 bridgehead atoms. The second-order valence-electron chi connectivity index (χ2n) is 13.2. The molecule has 0 radical (unpaired) electrons. The fraction of sp³-hybridized carbons (Fsp3) is 0.459. The smallest absolute Gasteiger partial charge is 0.273 e. The molecule has 7 rings (SSSR count). The Morgan fingerprint density at radius 3 is 2.53 bits per heavy atom. The van der Waals surface area contributed by atoms with E-state index in [9.17, 15) is 9.59 Å². The number of rotatable bonds is 9. The molecule has 3 aliphatic rings. The normalized spacial score (nSPS) is 22.6. The Bertz CT molecular complexity index is 1670. The van der Waals surface area contributed by atoms with Crippen LogP contribution in [0.1, 0.15) is 90.1 Å². The molecule has 1 N–H and O–H groups in total. The molecule has 2 amide bonds. The molecule has 234 valence electrons. The molecular formula is C37H44N6O2. The van der Waals surface area contributed by atoms with Crippen molar-refractivity contribution in [3.63, 3.8) is 0 Å². The molecule has 5 heterocycles. The number of amides is 2. The van der Waals surface area contributed by atoms with E-state index in [4.69, 9.17) is 4.98 Å². The number of nitrogens with one attached hydrogen (secondary N) is 1. The summed E-state index contributed by atoms with van der Waals surface area (Å²) in [5.74, 6) is 0.731. The van der Waals surface area contributed by atoms with Gasteiger partial charge in [-0.2, -0.15) is 0 Å². The van der Waals surface area contributed by atoms with Gasteiger partial charge < -0.3 is 14.8 Å². The molecule has 0 aliphatic carbocycles. The summed E-state index contributed by atoms with van der Waals surface area (Å²) in [5, 5.41) is 2.90. The number of benzene rings is 2. The van der Waals surface area contributed by atoms with Crippen LogP contribution in [0.25, 0.3) is 11.0 Å². The highest BCUT2D eigenvalue weighted by Crippen LogP contribution is 2.47.